The number of hydrogen-bond acceptors (Lipinski definition) is 9. The van der Waals surface area contributed by atoms with Crippen LogP contribution in [-0.2, 0) is 28.8 Å². The highest BCUT2D eigenvalue weighted by Gasteiger charge is 2.32. The van der Waals surface area contributed by atoms with Crippen LogP contribution in [0.15, 0.2) is 66.7 Å². The Hall–Kier alpha value is -5.00. The molecule has 1 heterocycles. The van der Waals surface area contributed by atoms with Crippen LogP contribution in [0.5, 0.6) is 0 Å². The Morgan fingerprint density at radius 1 is 0.685 bits per heavy atom. The van der Waals surface area contributed by atoms with Gasteiger partial charge in [0.25, 0.3) is 5.91 Å². The average Bonchev–Trinajstić information content (AvgIpc) is 3.15. The summed E-state index contributed by atoms with van der Waals surface area (Å²) in [5.74, 6) is -1.19. The lowest BCUT2D eigenvalue weighted by Gasteiger charge is -2.39. The van der Waals surface area contributed by atoms with Crippen molar-refractivity contribution in [3.05, 3.63) is 82.9 Å². The molecule has 4 N–H and O–H groups in total. The number of carbonyl (C=O) groups is 7. The molecule has 0 saturated heterocycles. The predicted octanol–water partition coefficient (Wildman–Crippen LogP) is 6.74. The zero-order chi connectivity index (χ0) is 39.2. The van der Waals surface area contributed by atoms with E-state index in [1.807, 2.05) is 60.4 Å². The second kappa shape index (κ2) is 20.5. The van der Waals surface area contributed by atoms with Crippen LogP contribution in [0.2, 0.25) is 5.02 Å². The monoisotopic (exact) mass is 756 g/mol. The highest BCUT2D eigenvalue weighted by Crippen LogP contribution is 2.41. The number of nitrogens with one attached hydrogen (secondary N) is 2. The molecule has 0 aliphatic carbocycles. The van der Waals surface area contributed by atoms with Gasteiger partial charge in [0.05, 0.1) is 6.04 Å². The Morgan fingerprint density at radius 3 is 1.70 bits per heavy atom. The van der Waals surface area contributed by atoms with Crippen molar-refractivity contribution in [1.82, 2.24) is 5.32 Å². The first-order valence-corrected chi connectivity index (χ1v) is 18.9. The average molecular weight is 757 g/mol. The maximum atomic E-state index is 12.8. The summed E-state index contributed by atoms with van der Waals surface area (Å²) in [5.41, 5.74) is 10.4. The number of nitrogens with zero attached hydrogens (tertiary/aromatic N) is 1. The van der Waals surface area contributed by atoms with Gasteiger partial charge in [-0.1, -0.05) is 29.8 Å². The number of amides is 2. The van der Waals surface area contributed by atoms with Crippen molar-refractivity contribution in [2.24, 2.45) is 5.73 Å². The van der Waals surface area contributed by atoms with E-state index in [0.29, 0.717) is 17.0 Å². The van der Waals surface area contributed by atoms with Gasteiger partial charge in [-0.3, -0.25) is 33.6 Å². The normalized spacial score (nSPS) is 14.9. The number of Topliss-reactive ketones (excluding diaryl/α,β-unsaturated/α-hetero) is 5. The number of nitrogens with two attached hydrogens (primary N) is 1. The lowest BCUT2D eigenvalue weighted by molar-refractivity contribution is -0.127. The van der Waals surface area contributed by atoms with Crippen molar-refractivity contribution in [2.45, 2.75) is 96.6 Å². The van der Waals surface area contributed by atoms with Crippen molar-refractivity contribution < 1.29 is 33.6 Å². The van der Waals surface area contributed by atoms with Gasteiger partial charge >= 0.3 is 0 Å². The molecule has 286 valence electrons. The summed E-state index contributed by atoms with van der Waals surface area (Å²) < 4.78 is 0. The first-order chi connectivity index (χ1) is 25.8. The molecule has 0 aromatic heterocycles. The quantitative estimate of drug-likeness (QED) is 0.106. The fourth-order valence-electron chi connectivity index (χ4n) is 6.54. The highest BCUT2D eigenvalue weighted by molar-refractivity contribution is 6.30. The molecule has 3 aromatic rings. The minimum atomic E-state index is -0.326. The standard InChI is InChI=1S/C42H49ClN4O7/c1-27-25-40(46-33-10-8-32(43)9-11-33)39-26-31(7-20-41(39)47(27)28(2)48)29-3-5-30(6-4-29)42(54)45-24-22-38(53)19-17-36(51)15-13-34(49)12-14-35(50)16-18-37(52)21-23-44/h3-11,20,26-27,40,46H,12-19,21-25,44H2,1-2H3,(H,45,54)/t27-,40+/m0/s1. The summed E-state index contributed by atoms with van der Waals surface area (Å²) in [5, 5.41) is 7.01. The fraction of sp³-hybridized carbons (Fsp3) is 0.405. The van der Waals surface area contributed by atoms with Crippen LogP contribution in [0.1, 0.15) is 106 Å². The molecule has 1 aliphatic rings. The maximum absolute atomic E-state index is 12.8. The molecule has 0 unspecified atom stereocenters. The van der Waals surface area contributed by atoms with Gasteiger partial charge in [-0.2, -0.15) is 0 Å². The minimum Gasteiger partial charge on any atom is -0.378 e. The van der Waals surface area contributed by atoms with E-state index in [1.165, 1.54) is 0 Å². The van der Waals surface area contributed by atoms with Crippen molar-refractivity contribution >= 4 is 63.7 Å². The Labute approximate surface area is 321 Å². The molecule has 0 radical (unpaired) electrons. The van der Waals surface area contributed by atoms with E-state index in [1.54, 1.807) is 19.1 Å². The molecule has 11 nitrogen and oxygen atoms in total. The van der Waals surface area contributed by atoms with Gasteiger partial charge in [-0.05, 0) is 85.1 Å². The molecule has 2 atom stereocenters. The van der Waals surface area contributed by atoms with Crippen LogP contribution in [0.25, 0.3) is 11.1 Å². The van der Waals surface area contributed by atoms with E-state index in [2.05, 4.69) is 16.7 Å². The lowest BCUT2D eigenvalue weighted by atomic mass is 9.88. The summed E-state index contributed by atoms with van der Waals surface area (Å²) in [6, 6.07) is 20.6. The van der Waals surface area contributed by atoms with Gasteiger partial charge in [0, 0.05) is 106 Å². The third-order valence-electron chi connectivity index (χ3n) is 9.53. The van der Waals surface area contributed by atoms with Crippen molar-refractivity contribution in [1.29, 1.82) is 0 Å². The predicted molar refractivity (Wildman–Crippen MR) is 210 cm³/mol. The zero-order valence-electron chi connectivity index (χ0n) is 31.0. The number of halogens is 1. The second-order valence-corrected chi connectivity index (χ2v) is 14.2. The molecule has 54 heavy (non-hydrogen) atoms. The van der Waals surface area contributed by atoms with E-state index in [9.17, 15) is 33.6 Å². The summed E-state index contributed by atoms with van der Waals surface area (Å²) in [7, 11) is 0. The Morgan fingerprint density at radius 2 is 1.19 bits per heavy atom. The number of hydrogen-bond donors (Lipinski definition) is 3. The first kappa shape index (κ1) is 41.8. The second-order valence-electron chi connectivity index (χ2n) is 13.8. The fourth-order valence-corrected chi connectivity index (χ4v) is 6.67. The van der Waals surface area contributed by atoms with Gasteiger partial charge in [0.1, 0.15) is 28.9 Å². The summed E-state index contributed by atoms with van der Waals surface area (Å²) in [6.07, 6.45) is 1.34. The molecule has 0 bridgehead atoms. The third-order valence-corrected chi connectivity index (χ3v) is 9.78. The van der Waals surface area contributed by atoms with Gasteiger partial charge in [0.2, 0.25) is 5.91 Å². The minimum absolute atomic E-state index is 0.00293. The largest absolute Gasteiger partial charge is 0.378 e. The summed E-state index contributed by atoms with van der Waals surface area (Å²) in [4.78, 5) is 87.4. The topological polar surface area (TPSA) is 173 Å². The number of ketones is 5. The van der Waals surface area contributed by atoms with Crippen LogP contribution < -0.4 is 21.3 Å². The Balaban J connectivity index is 1.22. The summed E-state index contributed by atoms with van der Waals surface area (Å²) >= 11 is 6.09. The maximum Gasteiger partial charge on any atom is 0.251 e. The Bertz CT molecular complexity index is 1840. The number of rotatable bonds is 21. The number of anilines is 2. The lowest BCUT2D eigenvalue weighted by Crippen LogP contribution is -2.43. The van der Waals surface area contributed by atoms with Gasteiger partial charge in [-0.15, -0.1) is 0 Å². The van der Waals surface area contributed by atoms with Crippen molar-refractivity contribution in [2.75, 3.05) is 23.3 Å². The van der Waals surface area contributed by atoms with Gasteiger partial charge < -0.3 is 21.3 Å². The van der Waals surface area contributed by atoms with Crippen LogP contribution in [0.3, 0.4) is 0 Å². The molecule has 4 rings (SSSR count). The molecule has 0 spiro atoms. The van der Waals surface area contributed by atoms with E-state index in [0.717, 1.165) is 28.1 Å². The molecular weight excluding hydrogens is 708 g/mol. The molecule has 2 amide bonds. The molecule has 3 aromatic carbocycles. The van der Waals surface area contributed by atoms with Crippen LogP contribution >= 0.6 is 11.6 Å². The molecule has 0 saturated carbocycles. The van der Waals surface area contributed by atoms with Gasteiger partial charge in [0.15, 0.2) is 0 Å². The zero-order valence-corrected chi connectivity index (χ0v) is 31.7. The van der Waals surface area contributed by atoms with Crippen LogP contribution in [0.4, 0.5) is 11.4 Å². The Kier molecular flexibility index (Phi) is 15.8. The molecule has 0 fully saturated rings. The third kappa shape index (κ3) is 12.6. The first-order valence-electron chi connectivity index (χ1n) is 18.5. The number of benzene rings is 3. The van der Waals surface area contributed by atoms with E-state index < -0.39 is 0 Å². The summed E-state index contributed by atoms with van der Waals surface area (Å²) in [6.45, 7) is 3.98. The smallest absolute Gasteiger partial charge is 0.251 e. The van der Waals surface area contributed by atoms with E-state index >= 15 is 0 Å². The molecule has 12 heteroatoms. The van der Waals surface area contributed by atoms with Crippen LogP contribution in [-0.4, -0.2) is 59.9 Å². The van der Waals surface area contributed by atoms with Crippen molar-refractivity contribution in [3.63, 3.8) is 0 Å². The molecule has 1 aliphatic heterocycles. The highest BCUT2D eigenvalue weighted by atomic mass is 35.5. The van der Waals surface area contributed by atoms with E-state index in [4.69, 9.17) is 17.3 Å². The van der Waals surface area contributed by atoms with Gasteiger partial charge in [-0.25, -0.2) is 0 Å². The molecular formula is C42H49ClN4O7. The number of carbonyl (C=O) groups excluding carboxylic acids is 7. The SMILES string of the molecule is CC(=O)N1c2ccc(-c3ccc(C(=O)NCCC(=O)CCC(=O)CCC(=O)CCC(=O)CCC(=O)CCN)cc3)cc2[C@H](Nc2ccc(Cl)cc2)C[C@@H]1C. The van der Waals surface area contributed by atoms with Crippen LogP contribution in [0, 0.1) is 0 Å². The van der Waals surface area contributed by atoms with E-state index in [-0.39, 0.29) is 130 Å². The van der Waals surface area contributed by atoms with Crippen molar-refractivity contribution in [3.8, 4) is 11.1 Å². The number of fused-ring (bicyclic) bond motifs is 1.